The van der Waals surface area contributed by atoms with E-state index >= 15 is 0 Å². The first-order chi connectivity index (χ1) is 15.1. The number of methoxy groups -OCH3 is 1. The first-order valence-electron chi connectivity index (χ1n) is 9.42. The molecule has 0 aliphatic rings. The van der Waals surface area contributed by atoms with Crippen LogP contribution in [0.4, 0.5) is 0 Å². The molecular formula is C22H19Cl2N3O2S2. The molecule has 0 aliphatic carbocycles. The maximum atomic E-state index is 6.18. The van der Waals surface area contributed by atoms with E-state index in [4.69, 9.17) is 32.7 Å². The summed E-state index contributed by atoms with van der Waals surface area (Å²) < 4.78 is 13.5. The second-order valence-electron chi connectivity index (χ2n) is 6.57. The van der Waals surface area contributed by atoms with Gasteiger partial charge in [-0.1, -0.05) is 47.1 Å². The Hall–Kier alpha value is -2.19. The predicted octanol–water partition coefficient (Wildman–Crippen LogP) is 6.79. The Labute approximate surface area is 198 Å². The molecule has 0 amide bonds. The SMILES string of the molecule is COc1ccc(C)cc1-n1c(SCCOc2ccc(Cl)cc2Cl)nnc1-c1cccs1. The fourth-order valence-corrected chi connectivity index (χ4v) is 4.92. The molecule has 0 saturated heterocycles. The highest BCUT2D eigenvalue weighted by Crippen LogP contribution is 2.35. The standard InChI is InChI=1S/C22H19Cl2N3O2S2/c1-14-5-7-19(28-2)17(12-14)27-21(20-4-3-10-30-20)25-26-22(27)31-11-9-29-18-8-6-15(23)13-16(18)24/h3-8,10,12-13H,9,11H2,1-2H3. The molecule has 0 radical (unpaired) electrons. The quantitative estimate of drug-likeness (QED) is 0.200. The molecule has 2 aromatic heterocycles. The van der Waals surface area contributed by atoms with Gasteiger partial charge in [0.1, 0.15) is 11.5 Å². The molecule has 5 nitrogen and oxygen atoms in total. The van der Waals surface area contributed by atoms with Crippen LogP contribution in [0.25, 0.3) is 16.4 Å². The number of rotatable bonds is 8. The van der Waals surface area contributed by atoms with Crippen LogP contribution in [0.2, 0.25) is 10.0 Å². The molecule has 0 fully saturated rings. The normalized spacial score (nSPS) is 11.0. The summed E-state index contributed by atoms with van der Waals surface area (Å²) in [5, 5.41) is 12.8. The van der Waals surface area contributed by atoms with E-state index < -0.39 is 0 Å². The summed E-state index contributed by atoms with van der Waals surface area (Å²) in [5.41, 5.74) is 2.03. The van der Waals surface area contributed by atoms with Crippen molar-refractivity contribution < 1.29 is 9.47 Å². The van der Waals surface area contributed by atoms with E-state index in [0.717, 1.165) is 32.9 Å². The van der Waals surface area contributed by atoms with Crippen LogP contribution in [0.1, 0.15) is 5.56 Å². The molecule has 9 heteroatoms. The fraction of sp³-hybridized carbons (Fsp3) is 0.182. The zero-order valence-corrected chi connectivity index (χ0v) is 20.0. The van der Waals surface area contributed by atoms with Gasteiger partial charge in [-0.2, -0.15) is 0 Å². The summed E-state index contributed by atoms with van der Waals surface area (Å²) in [4.78, 5) is 1.03. The Morgan fingerprint density at radius 1 is 1.06 bits per heavy atom. The molecule has 0 N–H and O–H groups in total. The van der Waals surface area contributed by atoms with Crippen LogP contribution in [0.15, 0.2) is 59.1 Å². The Morgan fingerprint density at radius 2 is 1.90 bits per heavy atom. The average Bonchev–Trinajstić information content (AvgIpc) is 3.42. The summed E-state index contributed by atoms with van der Waals surface area (Å²) in [6, 6.07) is 15.3. The lowest BCUT2D eigenvalue weighted by Gasteiger charge is -2.14. The van der Waals surface area contributed by atoms with E-state index in [0.29, 0.717) is 28.2 Å². The Balaban J connectivity index is 1.59. The lowest BCUT2D eigenvalue weighted by atomic mass is 10.2. The van der Waals surface area contributed by atoms with Gasteiger partial charge in [0.25, 0.3) is 0 Å². The zero-order chi connectivity index (χ0) is 21.8. The van der Waals surface area contributed by atoms with E-state index in [9.17, 15) is 0 Å². The predicted molar refractivity (Wildman–Crippen MR) is 129 cm³/mol. The van der Waals surface area contributed by atoms with E-state index in [1.54, 1.807) is 48.4 Å². The lowest BCUT2D eigenvalue weighted by molar-refractivity contribution is 0.344. The van der Waals surface area contributed by atoms with Crippen LogP contribution in [-0.2, 0) is 0 Å². The number of hydrogen-bond donors (Lipinski definition) is 0. The number of ether oxygens (including phenoxy) is 2. The Morgan fingerprint density at radius 3 is 2.65 bits per heavy atom. The summed E-state index contributed by atoms with van der Waals surface area (Å²) in [7, 11) is 1.67. The first-order valence-corrected chi connectivity index (χ1v) is 12.0. The molecule has 2 aromatic carbocycles. The second-order valence-corrected chi connectivity index (χ2v) is 9.42. The number of thiophene rings is 1. The van der Waals surface area contributed by atoms with Crippen molar-refractivity contribution in [3.63, 3.8) is 0 Å². The Bertz CT molecular complexity index is 1180. The minimum absolute atomic E-state index is 0.457. The van der Waals surface area contributed by atoms with E-state index in [1.807, 2.05) is 34.2 Å². The maximum Gasteiger partial charge on any atom is 0.196 e. The minimum Gasteiger partial charge on any atom is -0.495 e. The fourth-order valence-electron chi connectivity index (χ4n) is 3.00. The van der Waals surface area contributed by atoms with E-state index in [1.165, 1.54) is 0 Å². The van der Waals surface area contributed by atoms with Crippen molar-refractivity contribution in [2.45, 2.75) is 12.1 Å². The molecule has 2 heterocycles. The van der Waals surface area contributed by atoms with Gasteiger partial charge >= 0.3 is 0 Å². The van der Waals surface area contributed by atoms with Crippen LogP contribution in [0.5, 0.6) is 11.5 Å². The van der Waals surface area contributed by atoms with Gasteiger partial charge in [-0.3, -0.25) is 4.57 Å². The third kappa shape index (κ3) is 5.01. The highest BCUT2D eigenvalue weighted by molar-refractivity contribution is 7.99. The third-order valence-corrected chi connectivity index (χ3v) is 6.71. The van der Waals surface area contributed by atoms with Crippen molar-refractivity contribution in [2.24, 2.45) is 0 Å². The van der Waals surface area contributed by atoms with Crippen molar-refractivity contribution in [2.75, 3.05) is 19.5 Å². The molecule has 4 rings (SSSR count). The number of nitrogens with zero attached hydrogens (tertiary/aromatic N) is 3. The highest BCUT2D eigenvalue weighted by atomic mass is 35.5. The molecule has 0 aliphatic heterocycles. The molecule has 0 unspecified atom stereocenters. The smallest absolute Gasteiger partial charge is 0.196 e. The molecule has 0 saturated carbocycles. The van der Waals surface area contributed by atoms with Crippen molar-refractivity contribution in [1.82, 2.24) is 14.8 Å². The van der Waals surface area contributed by atoms with Gasteiger partial charge in [0.15, 0.2) is 11.0 Å². The lowest BCUT2D eigenvalue weighted by Crippen LogP contribution is -2.05. The number of thioether (sulfide) groups is 1. The van der Waals surface area contributed by atoms with Gasteiger partial charge < -0.3 is 9.47 Å². The summed E-state index contributed by atoms with van der Waals surface area (Å²) in [6.45, 7) is 2.51. The summed E-state index contributed by atoms with van der Waals surface area (Å²) >= 11 is 15.3. The van der Waals surface area contributed by atoms with Crippen LogP contribution >= 0.6 is 46.3 Å². The van der Waals surface area contributed by atoms with Crippen LogP contribution in [-0.4, -0.2) is 34.2 Å². The zero-order valence-electron chi connectivity index (χ0n) is 16.8. The second kappa shape index (κ2) is 9.96. The molecule has 0 atom stereocenters. The molecule has 31 heavy (non-hydrogen) atoms. The minimum atomic E-state index is 0.457. The van der Waals surface area contributed by atoms with Gasteiger partial charge in [-0.25, -0.2) is 0 Å². The third-order valence-electron chi connectivity index (χ3n) is 4.42. The number of benzene rings is 2. The van der Waals surface area contributed by atoms with Crippen molar-refractivity contribution in [3.8, 4) is 27.9 Å². The molecule has 4 aromatic rings. The van der Waals surface area contributed by atoms with E-state index in [-0.39, 0.29) is 0 Å². The van der Waals surface area contributed by atoms with Gasteiger partial charge in [-0.15, -0.1) is 21.5 Å². The van der Waals surface area contributed by atoms with Crippen LogP contribution in [0.3, 0.4) is 0 Å². The number of aromatic nitrogens is 3. The van der Waals surface area contributed by atoms with Crippen LogP contribution < -0.4 is 9.47 Å². The van der Waals surface area contributed by atoms with Crippen molar-refractivity contribution in [3.05, 3.63) is 69.5 Å². The molecule has 0 spiro atoms. The largest absolute Gasteiger partial charge is 0.495 e. The Kier molecular flexibility index (Phi) is 7.07. The number of aryl methyl sites for hydroxylation is 1. The highest BCUT2D eigenvalue weighted by Gasteiger charge is 2.20. The van der Waals surface area contributed by atoms with Gasteiger partial charge in [0.2, 0.25) is 0 Å². The van der Waals surface area contributed by atoms with Crippen molar-refractivity contribution >= 4 is 46.3 Å². The molecule has 160 valence electrons. The van der Waals surface area contributed by atoms with Gasteiger partial charge in [0.05, 0.1) is 29.3 Å². The molecular weight excluding hydrogens is 473 g/mol. The average molecular weight is 492 g/mol. The van der Waals surface area contributed by atoms with Gasteiger partial charge in [0, 0.05) is 10.8 Å². The number of halogens is 2. The summed E-state index contributed by atoms with van der Waals surface area (Å²) in [6.07, 6.45) is 0. The number of hydrogen-bond acceptors (Lipinski definition) is 6. The van der Waals surface area contributed by atoms with Crippen molar-refractivity contribution in [1.29, 1.82) is 0 Å². The first kappa shape index (κ1) is 22.0. The van der Waals surface area contributed by atoms with Gasteiger partial charge in [-0.05, 0) is 54.3 Å². The monoisotopic (exact) mass is 491 g/mol. The topological polar surface area (TPSA) is 49.2 Å². The maximum absolute atomic E-state index is 6.18. The van der Waals surface area contributed by atoms with E-state index in [2.05, 4.69) is 23.2 Å². The van der Waals surface area contributed by atoms with Crippen LogP contribution in [0, 0.1) is 6.92 Å². The summed E-state index contributed by atoms with van der Waals surface area (Å²) in [5.74, 6) is 2.81. The molecule has 0 bridgehead atoms.